The maximum Gasteiger partial charge on any atom is 0.222 e. The lowest BCUT2D eigenvalue weighted by atomic mass is 10.3. The molecule has 0 aromatic carbocycles. The molecule has 0 fully saturated rings. The summed E-state index contributed by atoms with van der Waals surface area (Å²) in [6.07, 6.45) is 5.66. The zero-order valence-electron chi connectivity index (χ0n) is 10.0. The Morgan fingerprint density at radius 1 is 1.50 bits per heavy atom. The topological polar surface area (TPSA) is 64.7 Å². The molecule has 6 nitrogen and oxygen atoms in total. The van der Waals surface area contributed by atoms with Gasteiger partial charge >= 0.3 is 0 Å². The molecule has 2 rings (SSSR count). The fraction of sp³-hybridized carbons (Fsp3) is 0.364. The highest BCUT2D eigenvalue weighted by Crippen LogP contribution is 2.06. The van der Waals surface area contributed by atoms with Crippen LogP contribution in [0.15, 0.2) is 29.1 Å². The van der Waals surface area contributed by atoms with Gasteiger partial charge in [-0.05, 0) is 22.0 Å². The van der Waals surface area contributed by atoms with Gasteiger partial charge in [0, 0.05) is 32.4 Å². The summed E-state index contributed by atoms with van der Waals surface area (Å²) in [7, 11) is 1.85. The molecule has 0 saturated carbocycles. The lowest BCUT2D eigenvalue weighted by Crippen LogP contribution is -2.25. The van der Waals surface area contributed by atoms with Gasteiger partial charge in [0.05, 0.1) is 22.9 Å². The number of amides is 1. The van der Waals surface area contributed by atoms with E-state index in [0.717, 1.165) is 10.2 Å². The summed E-state index contributed by atoms with van der Waals surface area (Å²) in [5.41, 5.74) is 0.977. The van der Waals surface area contributed by atoms with Crippen LogP contribution in [-0.2, 0) is 24.9 Å². The first-order chi connectivity index (χ1) is 8.65. The first-order valence-corrected chi connectivity index (χ1v) is 6.36. The molecule has 96 valence electrons. The van der Waals surface area contributed by atoms with Gasteiger partial charge < -0.3 is 5.32 Å². The molecule has 0 unspecified atom stereocenters. The lowest BCUT2D eigenvalue weighted by molar-refractivity contribution is -0.121. The number of hydrogen-bond acceptors (Lipinski definition) is 3. The predicted molar refractivity (Wildman–Crippen MR) is 69.6 cm³/mol. The molecule has 0 radical (unpaired) electrons. The van der Waals surface area contributed by atoms with Crippen LogP contribution < -0.4 is 5.32 Å². The summed E-state index contributed by atoms with van der Waals surface area (Å²) >= 11 is 3.31. The Hall–Kier alpha value is -1.63. The summed E-state index contributed by atoms with van der Waals surface area (Å²) in [6.45, 7) is 1.07. The van der Waals surface area contributed by atoms with E-state index in [1.54, 1.807) is 21.8 Å². The molecule has 2 aromatic rings. The molecule has 2 heterocycles. The molecular weight excluding hydrogens is 298 g/mol. The third-order valence-corrected chi connectivity index (χ3v) is 2.97. The van der Waals surface area contributed by atoms with Crippen molar-refractivity contribution in [2.24, 2.45) is 7.05 Å². The van der Waals surface area contributed by atoms with Gasteiger partial charge in [-0.3, -0.25) is 14.2 Å². The second kappa shape index (κ2) is 5.81. The van der Waals surface area contributed by atoms with Crippen LogP contribution in [0.2, 0.25) is 0 Å². The highest BCUT2D eigenvalue weighted by Gasteiger charge is 2.04. The molecule has 0 aliphatic heterocycles. The number of nitrogens with zero attached hydrogens (tertiary/aromatic N) is 4. The van der Waals surface area contributed by atoms with Crippen LogP contribution in [0.1, 0.15) is 12.1 Å². The van der Waals surface area contributed by atoms with Crippen LogP contribution in [0.25, 0.3) is 0 Å². The largest absolute Gasteiger partial charge is 0.350 e. The molecule has 18 heavy (non-hydrogen) atoms. The average molecular weight is 312 g/mol. The summed E-state index contributed by atoms with van der Waals surface area (Å²) < 4.78 is 4.39. The molecule has 0 bridgehead atoms. The monoisotopic (exact) mass is 311 g/mol. The summed E-state index contributed by atoms with van der Waals surface area (Å²) in [4.78, 5) is 11.6. The molecule has 0 aliphatic carbocycles. The zero-order valence-corrected chi connectivity index (χ0v) is 11.6. The molecule has 0 atom stereocenters. The van der Waals surface area contributed by atoms with Crippen LogP contribution in [-0.4, -0.2) is 25.5 Å². The second-order valence-corrected chi connectivity index (χ2v) is 4.81. The van der Waals surface area contributed by atoms with Gasteiger partial charge in [-0.15, -0.1) is 0 Å². The van der Waals surface area contributed by atoms with E-state index in [0.29, 0.717) is 19.5 Å². The number of nitrogens with one attached hydrogen (secondary N) is 1. The smallest absolute Gasteiger partial charge is 0.222 e. The van der Waals surface area contributed by atoms with Crippen molar-refractivity contribution in [1.82, 2.24) is 24.9 Å². The summed E-state index contributed by atoms with van der Waals surface area (Å²) in [5, 5.41) is 11.0. The van der Waals surface area contributed by atoms with E-state index in [2.05, 4.69) is 31.4 Å². The van der Waals surface area contributed by atoms with Crippen LogP contribution in [0.4, 0.5) is 0 Å². The average Bonchev–Trinajstić information content (AvgIpc) is 2.93. The SMILES string of the molecule is Cn1nccc1CNC(=O)CCn1cc(Br)cn1. The molecule has 7 heteroatoms. The third kappa shape index (κ3) is 3.43. The molecule has 0 spiro atoms. The van der Waals surface area contributed by atoms with E-state index >= 15 is 0 Å². The summed E-state index contributed by atoms with van der Waals surface area (Å²) in [6, 6.07) is 1.88. The van der Waals surface area contributed by atoms with Crippen molar-refractivity contribution in [3.05, 3.63) is 34.8 Å². The Labute approximate surface area is 113 Å². The lowest BCUT2D eigenvalue weighted by Gasteiger charge is -2.05. The van der Waals surface area contributed by atoms with Gasteiger partial charge in [-0.1, -0.05) is 0 Å². The predicted octanol–water partition coefficient (Wildman–Crippen LogP) is 1.09. The standard InChI is InChI=1S/C11H14BrN5O/c1-16-10(2-4-14-16)7-13-11(18)3-5-17-8-9(12)6-15-17/h2,4,6,8H,3,5,7H2,1H3,(H,13,18). The first-order valence-electron chi connectivity index (χ1n) is 5.56. The Bertz CT molecular complexity index is 533. The van der Waals surface area contributed by atoms with E-state index in [1.807, 2.05) is 19.3 Å². The number of aryl methyl sites for hydroxylation is 2. The minimum atomic E-state index is 0.00261. The Kier molecular flexibility index (Phi) is 4.14. The van der Waals surface area contributed by atoms with Crippen molar-refractivity contribution < 1.29 is 4.79 Å². The molecule has 0 aliphatic rings. The maximum absolute atomic E-state index is 11.6. The van der Waals surface area contributed by atoms with Crippen LogP contribution in [0.5, 0.6) is 0 Å². The summed E-state index contributed by atoms with van der Waals surface area (Å²) in [5.74, 6) is 0.00261. The van der Waals surface area contributed by atoms with E-state index in [1.165, 1.54) is 0 Å². The molecule has 0 saturated heterocycles. The second-order valence-electron chi connectivity index (χ2n) is 3.89. The van der Waals surface area contributed by atoms with Crippen LogP contribution in [0, 0.1) is 0 Å². The van der Waals surface area contributed by atoms with E-state index in [-0.39, 0.29) is 5.91 Å². The number of aromatic nitrogens is 4. The van der Waals surface area contributed by atoms with E-state index in [4.69, 9.17) is 0 Å². The van der Waals surface area contributed by atoms with Crippen molar-refractivity contribution in [2.45, 2.75) is 19.5 Å². The van der Waals surface area contributed by atoms with Gasteiger partial charge in [0.15, 0.2) is 0 Å². The number of rotatable bonds is 5. The fourth-order valence-electron chi connectivity index (χ4n) is 1.53. The Balaban J connectivity index is 1.74. The van der Waals surface area contributed by atoms with Crippen LogP contribution >= 0.6 is 15.9 Å². The van der Waals surface area contributed by atoms with E-state index < -0.39 is 0 Å². The minimum Gasteiger partial charge on any atom is -0.350 e. The van der Waals surface area contributed by atoms with Crippen molar-refractivity contribution >= 4 is 21.8 Å². The minimum absolute atomic E-state index is 0.00261. The van der Waals surface area contributed by atoms with Crippen molar-refractivity contribution in [2.75, 3.05) is 0 Å². The molecule has 2 aromatic heterocycles. The third-order valence-electron chi connectivity index (χ3n) is 2.56. The quantitative estimate of drug-likeness (QED) is 0.899. The number of carbonyl (C=O) groups is 1. The van der Waals surface area contributed by atoms with Crippen molar-refractivity contribution in [3.8, 4) is 0 Å². The Morgan fingerprint density at radius 3 is 2.94 bits per heavy atom. The van der Waals surface area contributed by atoms with Crippen molar-refractivity contribution in [1.29, 1.82) is 0 Å². The molecule has 1 N–H and O–H groups in total. The highest BCUT2D eigenvalue weighted by molar-refractivity contribution is 9.10. The zero-order chi connectivity index (χ0) is 13.0. The van der Waals surface area contributed by atoms with Crippen molar-refractivity contribution in [3.63, 3.8) is 0 Å². The van der Waals surface area contributed by atoms with Gasteiger partial charge in [-0.25, -0.2) is 0 Å². The number of halogens is 1. The van der Waals surface area contributed by atoms with Gasteiger partial charge in [-0.2, -0.15) is 10.2 Å². The number of carbonyl (C=O) groups excluding carboxylic acids is 1. The molecule has 1 amide bonds. The normalized spacial score (nSPS) is 10.6. The Morgan fingerprint density at radius 2 is 2.33 bits per heavy atom. The number of hydrogen-bond donors (Lipinski definition) is 1. The highest BCUT2D eigenvalue weighted by atomic mass is 79.9. The van der Waals surface area contributed by atoms with E-state index in [9.17, 15) is 4.79 Å². The van der Waals surface area contributed by atoms with Crippen LogP contribution in [0.3, 0.4) is 0 Å². The molecular formula is C11H14BrN5O. The van der Waals surface area contributed by atoms with Gasteiger partial charge in [0.1, 0.15) is 0 Å². The van der Waals surface area contributed by atoms with Gasteiger partial charge in [0.25, 0.3) is 0 Å². The fourth-order valence-corrected chi connectivity index (χ4v) is 1.86. The van der Waals surface area contributed by atoms with Gasteiger partial charge in [0.2, 0.25) is 5.91 Å². The maximum atomic E-state index is 11.6. The first kappa shape index (κ1) is 12.8.